The summed E-state index contributed by atoms with van der Waals surface area (Å²) in [5, 5.41) is 4.02. The van der Waals surface area contributed by atoms with E-state index in [1.165, 1.54) is 32.1 Å². The first kappa shape index (κ1) is 12.9. The Bertz CT molecular complexity index is 506. The predicted octanol–water partition coefficient (Wildman–Crippen LogP) is 4.23. The van der Waals surface area contributed by atoms with Crippen LogP contribution < -0.4 is 5.32 Å². The molecular weight excluding hydrogens is 258 g/mol. The highest BCUT2D eigenvalue weighted by Crippen LogP contribution is 2.39. The first-order valence-corrected chi connectivity index (χ1v) is 7.57. The molecule has 0 saturated heterocycles. The molecule has 1 heterocycles. The van der Waals surface area contributed by atoms with E-state index in [9.17, 15) is 0 Å². The third-order valence-electron chi connectivity index (χ3n) is 3.92. The number of nitrogens with zero attached hydrogens (tertiary/aromatic N) is 2. The molecule has 0 radical (unpaired) electrons. The maximum absolute atomic E-state index is 6.19. The maximum atomic E-state index is 6.19. The van der Waals surface area contributed by atoms with E-state index in [1.54, 1.807) is 5.57 Å². The van der Waals surface area contributed by atoms with E-state index in [0.717, 1.165) is 30.2 Å². The number of halogens is 1. The molecule has 1 aromatic heterocycles. The van der Waals surface area contributed by atoms with Gasteiger partial charge in [0.05, 0.1) is 0 Å². The molecule has 0 spiro atoms. The van der Waals surface area contributed by atoms with Crippen LogP contribution in [-0.4, -0.2) is 16.5 Å². The minimum atomic E-state index is 0.538. The maximum Gasteiger partial charge on any atom is 0.137 e. The molecule has 1 aromatic rings. The lowest BCUT2D eigenvalue weighted by Gasteiger charge is -2.11. The fraction of sp³-hybridized carbons (Fsp3) is 0.600. The molecule has 19 heavy (non-hydrogen) atoms. The van der Waals surface area contributed by atoms with E-state index in [2.05, 4.69) is 21.4 Å². The Kier molecular flexibility index (Phi) is 3.74. The van der Waals surface area contributed by atoms with Crippen molar-refractivity contribution in [2.75, 3.05) is 11.9 Å². The van der Waals surface area contributed by atoms with Crippen molar-refractivity contribution in [3.05, 3.63) is 28.2 Å². The van der Waals surface area contributed by atoms with Gasteiger partial charge in [-0.3, -0.25) is 0 Å². The molecule has 2 aliphatic carbocycles. The molecular formula is C15H20ClN3. The Labute approximate surface area is 119 Å². The van der Waals surface area contributed by atoms with Crippen LogP contribution in [-0.2, 0) is 0 Å². The van der Waals surface area contributed by atoms with Gasteiger partial charge in [0.25, 0.3) is 0 Å². The summed E-state index contributed by atoms with van der Waals surface area (Å²) in [6, 6.07) is 0. The van der Waals surface area contributed by atoms with E-state index in [-0.39, 0.29) is 0 Å². The van der Waals surface area contributed by atoms with Crippen molar-refractivity contribution < 1.29 is 0 Å². The lowest BCUT2D eigenvalue weighted by atomic mass is 10.1. The average Bonchev–Trinajstić information content (AvgIpc) is 3.12. The molecule has 0 aliphatic heterocycles. The van der Waals surface area contributed by atoms with Crippen LogP contribution in [0.2, 0.25) is 5.15 Å². The molecule has 0 amide bonds. The Balaban J connectivity index is 1.65. The zero-order valence-corrected chi connectivity index (χ0v) is 12.1. The second kappa shape index (κ2) is 5.49. The number of rotatable bonds is 5. The van der Waals surface area contributed by atoms with Crippen molar-refractivity contribution in [1.82, 2.24) is 9.97 Å². The summed E-state index contributed by atoms with van der Waals surface area (Å²) < 4.78 is 0. The summed E-state index contributed by atoms with van der Waals surface area (Å²) in [6.45, 7) is 2.92. The monoisotopic (exact) mass is 277 g/mol. The van der Waals surface area contributed by atoms with Gasteiger partial charge in [0, 0.05) is 18.0 Å². The molecule has 1 saturated carbocycles. The first-order chi connectivity index (χ1) is 9.24. The highest BCUT2D eigenvalue weighted by molar-refractivity contribution is 6.30. The number of aromatic nitrogens is 2. The largest absolute Gasteiger partial charge is 0.369 e. The molecule has 1 fully saturated rings. The lowest BCUT2D eigenvalue weighted by Crippen LogP contribution is -2.08. The van der Waals surface area contributed by atoms with Crippen molar-refractivity contribution in [3.8, 4) is 0 Å². The van der Waals surface area contributed by atoms with Gasteiger partial charge in [0.1, 0.15) is 16.8 Å². The molecule has 3 nitrogen and oxygen atoms in total. The zero-order chi connectivity index (χ0) is 13.2. The van der Waals surface area contributed by atoms with Gasteiger partial charge in [-0.15, -0.1) is 0 Å². The van der Waals surface area contributed by atoms with Gasteiger partial charge in [-0.25, -0.2) is 9.97 Å². The van der Waals surface area contributed by atoms with Gasteiger partial charge in [-0.05, 0) is 45.4 Å². The fourth-order valence-corrected chi connectivity index (χ4v) is 2.68. The van der Waals surface area contributed by atoms with Crippen molar-refractivity contribution >= 4 is 17.4 Å². The number of allylic oxidation sites excluding steroid dienone is 1. The lowest BCUT2D eigenvalue weighted by molar-refractivity contribution is 0.856. The summed E-state index contributed by atoms with van der Waals surface area (Å²) in [7, 11) is 0. The Hall–Kier alpha value is -1.09. The van der Waals surface area contributed by atoms with Gasteiger partial charge in [-0.2, -0.15) is 0 Å². The molecule has 102 valence electrons. The molecule has 4 heteroatoms. The third-order valence-corrected chi connectivity index (χ3v) is 4.29. The molecule has 0 unspecified atom stereocenters. The number of anilines is 1. The van der Waals surface area contributed by atoms with Crippen LogP contribution in [0.15, 0.2) is 11.6 Å². The van der Waals surface area contributed by atoms with Crippen LogP contribution in [0.5, 0.6) is 0 Å². The molecule has 1 N–H and O–H groups in total. The summed E-state index contributed by atoms with van der Waals surface area (Å²) >= 11 is 6.19. The van der Waals surface area contributed by atoms with Crippen LogP contribution in [0.25, 0.3) is 0 Å². The quantitative estimate of drug-likeness (QED) is 0.646. The first-order valence-electron chi connectivity index (χ1n) is 7.20. The van der Waals surface area contributed by atoms with Crippen molar-refractivity contribution in [3.63, 3.8) is 0 Å². The predicted molar refractivity (Wildman–Crippen MR) is 78.8 cm³/mol. The number of nitrogens with one attached hydrogen (secondary N) is 1. The summed E-state index contributed by atoms with van der Waals surface area (Å²) in [6.07, 6.45) is 9.71. The Morgan fingerprint density at radius 1 is 1.37 bits per heavy atom. The van der Waals surface area contributed by atoms with E-state index in [1.807, 2.05) is 6.92 Å². The van der Waals surface area contributed by atoms with Gasteiger partial charge in [0.15, 0.2) is 0 Å². The zero-order valence-electron chi connectivity index (χ0n) is 11.4. The second-order valence-corrected chi connectivity index (χ2v) is 5.91. The van der Waals surface area contributed by atoms with Crippen LogP contribution in [0, 0.1) is 6.92 Å². The standard InChI is InChI=1S/C15H20ClN3/c1-10-13(16)18-15(12-6-7-12)19-14(10)17-9-8-11-4-2-3-5-11/h4,12H,2-3,5-9H2,1H3,(H,17,18,19). The Morgan fingerprint density at radius 2 is 2.21 bits per heavy atom. The smallest absolute Gasteiger partial charge is 0.137 e. The van der Waals surface area contributed by atoms with Gasteiger partial charge >= 0.3 is 0 Å². The van der Waals surface area contributed by atoms with E-state index in [0.29, 0.717) is 11.1 Å². The van der Waals surface area contributed by atoms with Crippen LogP contribution >= 0.6 is 11.6 Å². The normalized spacial score (nSPS) is 18.5. The SMILES string of the molecule is Cc1c(Cl)nc(C2CC2)nc1NCCC1=CCCC1. The molecule has 2 aliphatic rings. The van der Waals surface area contributed by atoms with Crippen LogP contribution in [0.4, 0.5) is 5.82 Å². The van der Waals surface area contributed by atoms with Crippen molar-refractivity contribution in [2.45, 2.75) is 51.4 Å². The summed E-state index contributed by atoms with van der Waals surface area (Å²) in [5.41, 5.74) is 2.54. The van der Waals surface area contributed by atoms with E-state index in [4.69, 9.17) is 11.6 Å². The molecule has 3 rings (SSSR count). The van der Waals surface area contributed by atoms with E-state index < -0.39 is 0 Å². The summed E-state index contributed by atoms with van der Waals surface area (Å²) in [5.74, 6) is 2.37. The number of hydrogen-bond donors (Lipinski definition) is 1. The van der Waals surface area contributed by atoms with E-state index >= 15 is 0 Å². The number of hydrogen-bond acceptors (Lipinski definition) is 3. The summed E-state index contributed by atoms with van der Waals surface area (Å²) in [4.78, 5) is 9.02. The van der Waals surface area contributed by atoms with Gasteiger partial charge in [0.2, 0.25) is 0 Å². The highest BCUT2D eigenvalue weighted by atomic mass is 35.5. The highest BCUT2D eigenvalue weighted by Gasteiger charge is 2.27. The van der Waals surface area contributed by atoms with Crippen LogP contribution in [0.1, 0.15) is 55.8 Å². The fourth-order valence-electron chi connectivity index (χ4n) is 2.51. The van der Waals surface area contributed by atoms with Gasteiger partial charge < -0.3 is 5.32 Å². The minimum absolute atomic E-state index is 0.538. The second-order valence-electron chi connectivity index (χ2n) is 5.55. The van der Waals surface area contributed by atoms with Gasteiger partial charge in [-0.1, -0.05) is 23.3 Å². The molecule has 0 aromatic carbocycles. The topological polar surface area (TPSA) is 37.8 Å². The van der Waals surface area contributed by atoms with Crippen LogP contribution in [0.3, 0.4) is 0 Å². The molecule has 0 atom stereocenters. The average molecular weight is 278 g/mol. The minimum Gasteiger partial charge on any atom is -0.369 e. The van der Waals surface area contributed by atoms with Crippen molar-refractivity contribution in [1.29, 1.82) is 0 Å². The third kappa shape index (κ3) is 3.08. The van der Waals surface area contributed by atoms with Crippen molar-refractivity contribution in [2.24, 2.45) is 0 Å². The molecule has 0 bridgehead atoms. The Morgan fingerprint density at radius 3 is 2.89 bits per heavy atom.